The van der Waals surface area contributed by atoms with Crippen LogP contribution in [0.4, 0.5) is 0 Å². The predicted octanol–water partition coefficient (Wildman–Crippen LogP) is 1.89. The summed E-state index contributed by atoms with van der Waals surface area (Å²) < 4.78 is 0. The lowest BCUT2D eigenvalue weighted by atomic mass is 10.1. The van der Waals surface area contributed by atoms with Gasteiger partial charge in [-0.1, -0.05) is 13.8 Å². The minimum absolute atomic E-state index is 0.597. The molecule has 0 aromatic carbocycles. The molecule has 0 spiro atoms. The third-order valence-corrected chi connectivity index (χ3v) is 2.64. The summed E-state index contributed by atoms with van der Waals surface area (Å²) in [6.07, 6.45) is 5.26. The molecular weight excluding hydrogens is 148 g/mol. The molecule has 2 heteroatoms. The Hall–Kier alpha value is -0.500. The molecule has 1 aliphatic heterocycles. The highest BCUT2D eigenvalue weighted by Gasteiger charge is 2.20. The average molecular weight is 168 g/mol. The van der Waals surface area contributed by atoms with Gasteiger partial charge in [0.2, 0.25) is 0 Å². The van der Waals surface area contributed by atoms with E-state index in [1.165, 1.54) is 18.4 Å². The molecule has 1 rings (SSSR count). The smallest absolute Gasteiger partial charge is 0.0809 e. The molecule has 0 radical (unpaired) electrons. The highest BCUT2D eigenvalue weighted by molar-refractivity contribution is 5.07. The van der Waals surface area contributed by atoms with E-state index in [-0.39, 0.29) is 0 Å². The number of rotatable bonds is 2. The van der Waals surface area contributed by atoms with Crippen molar-refractivity contribution in [1.29, 1.82) is 0 Å². The number of nitrogens with zero attached hydrogens (tertiary/aromatic N) is 2. The minimum atomic E-state index is 0.597. The van der Waals surface area contributed by atoms with Crippen LogP contribution >= 0.6 is 0 Å². The van der Waals surface area contributed by atoms with Crippen molar-refractivity contribution in [3.63, 3.8) is 0 Å². The Morgan fingerprint density at radius 3 is 2.50 bits per heavy atom. The zero-order valence-corrected chi connectivity index (χ0v) is 8.67. The molecule has 0 N–H and O–H groups in total. The van der Waals surface area contributed by atoms with Gasteiger partial charge in [0.15, 0.2) is 0 Å². The second-order valence-electron chi connectivity index (χ2n) is 3.61. The van der Waals surface area contributed by atoms with Gasteiger partial charge in [-0.3, -0.25) is 4.90 Å². The van der Waals surface area contributed by atoms with E-state index in [1.807, 2.05) is 0 Å². The fraction of sp³-hybridized carbons (Fsp3) is 0.800. The Morgan fingerprint density at radius 1 is 1.42 bits per heavy atom. The van der Waals surface area contributed by atoms with Gasteiger partial charge in [-0.25, -0.2) is 0 Å². The van der Waals surface area contributed by atoms with Crippen molar-refractivity contribution in [2.75, 3.05) is 20.6 Å². The fourth-order valence-corrected chi connectivity index (χ4v) is 1.95. The molecule has 0 amide bonds. The van der Waals surface area contributed by atoms with Crippen molar-refractivity contribution in [2.24, 2.45) is 0 Å². The lowest BCUT2D eigenvalue weighted by molar-refractivity contribution is 0.107. The summed E-state index contributed by atoms with van der Waals surface area (Å²) >= 11 is 0. The number of hydrogen-bond acceptors (Lipinski definition) is 2. The molecule has 1 atom stereocenters. The van der Waals surface area contributed by atoms with Crippen LogP contribution in [-0.4, -0.2) is 36.6 Å². The summed E-state index contributed by atoms with van der Waals surface area (Å²) in [5.41, 5.74) is 1.53. The molecular formula is C10H20N2. The van der Waals surface area contributed by atoms with E-state index in [4.69, 9.17) is 0 Å². The zero-order chi connectivity index (χ0) is 9.14. The molecule has 0 bridgehead atoms. The van der Waals surface area contributed by atoms with Crippen LogP contribution in [0.25, 0.3) is 0 Å². The Labute approximate surface area is 75.8 Å². The predicted molar refractivity (Wildman–Crippen MR) is 52.8 cm³/mol. The molecule has 70 valence electrons. The quantitative estimate of drug-likeness (QED) is 0.621. The van der Waals surface area contributed by atoms with Crippen molar-refractivity contribution in [3.8, 4) is 0 Å². The second-order valence-corrected chi connectivity index (χ2v) is 3.61. The maximum Gasteiger partial charge on any atom is 0.0809 e. The summed E-state index contributed by atoms with van der Waals surface area (Å²) in [6.45, 7) is 5.60. The molecule has 0 fully saturated rings. The first-order valence-corrected chi connectivity index (χ1v) is 4.80. The van der Waals surface area contributed by atoms with Gasteiger partial charge in [-0.15, -0.1) is 0 Å². The van der Waals surface area contributed by atoms with Crippen molar-refractivity contribution in [2.45, 2.75) is 32.9 Å². The van der Waals surface area contributed by atoms with Gasteiger partial charge >= 0.3 is 0 Å². The minimum Gasteiger partial charge on any atom is -0.365 e. The Bertz CT molecular complexity index is 175. The van der Waals surface area contributed by atoms with Crippen LogP contribution in [0.15, 0.2) is 11.8 Å². The molecule has 1 heterocycles. The van der Waals surface area contributed by atoms with Gasteiger partial charge in [0, 0.05) is 19.8 Å². The van der Waals surface area contributed by atoms with E-state index in [0.717, 1.165) is 6.54 Å². The fourth-order valence-electron chi connectivity index (χ4n) is 1.95. The summed E-state index contributed by atoms with van der Waals surface area (Å²) in [6, 6.07) is 0. The first-order valence-electron chi connectivity index (χ1n) is 4.80. The Kier molecular flexibility index (Phi) is 3.15. The summed E-state index contributed by atoms with van der Waals surface area (Å²) in [5.74, 6) is 0. The van der Waals surface area contributed by atoms with Gasteiger partial charge in [-0.2, -0.15) is 0 Å². The van der Waals surface area contributed by atoms with Crippen LogP contribution in [0, 0.1) is 0 Å². The van der Waals surface area contributed by atoms with Gasteiger partial charge in [0.25, 0.3) is 0 Å². The first-order chi connectivity index (χ1) is 5.69. The summed E-state index contributed by atoms with van der Waals surface area (Å²) in [5, 5.41) is 0. The van der Waals surface area contributed by atoms with E-state index in [1.54, 1.807) is 0 Å². The monoisotopic (exact) mass is 168 g/mol. The van der Waals surface area contributed by atoms with Crippen LogP contribution in [0.2, 0.25) is 0 Å². The zero-order valence-electron chi connectivity index (χ0n) is 8.67. The SMILES string of the molecule is CCC1=CN(C)C(CC)N(C)C1. The molecule has 0 saturated carbocycles. The summed E-state index contributed by atoms with van der Waals surface area (Å²) in [4.78, 5) is 4.74. The van der Waals surface area contributed by atoms with Gasteiger partial charge < -0.3 is 4.90 Å². The third-order valence-electron chi connectivity index (χ3n) is 2.64. The molecule has 2 nitrogen and oxygen atoms in total. The van der Waals surface area contributed by atoms with Gasteiger partial charge in [0.1, 0.15) is 0 Å². The lowest BCUT2D eigenvalue weighted by Gasteiger charge is -2.39. The van der Waals surface area contributed by atoms with Crippen LogP contribution in [0.5, 0.6) is 0 Å². The first kappa shape index (κ1) is 9.59. The van der Waals surface area contributed by atoms with Gasteiger partial charge in [0.05, 0.1) is 6.17 Å². The van der Waals surface area contributed by atoms with Crippen LogP contribution in [0.3, 0.4) is 0 Å². The number of likely N-dealkylation sites (N-methyl/N-ethyl adjacent to an activating group) is 1. The van der Waals surface area contributed by atoms with Crippen molar-refractivity contribution >= 4 is 0 Å². The third kappa shape index (κ3) is 1.81. The topological polar surface area (TPSA) is 6.48 Å². The highest BCUT2D eigenvalue weighted by atomic mass is 15.3. The molecule has 0 saturated heterocycles. The van der Waals surface area contributed by atoms with Crippen LogP contribution in [-0.2, 0) is 0 Å². The Morgan fingerprint density at radius 2 is 2.08 bits per heavy atom. The molecule has 0 aromatic rings. The van der Waals surface area contributed by atoms with Crippen molar-refractivity contribution in [3.05, 3.63) is 11.8 Å². The normalized spacial score (nSPS) is 25.8. The average Bonchev–Trinajstić information content (AvgIpc) is 2.03. The van der Waals surface area contributed by atoms with E-state index in [9.17, 15) is 0 Å². The maximum absolute atomic E-state index is 2.42. The van der Waals surface area contributed by atoms with E-state index >= 15 is 0 Å². The van der Waals surface area contributed by atoms with E-state index in [2.05, 4.69) is 43.9 Å². The lowest BCUT2D eigenvalue weighted by Crippen LogP contribution is -2.46. The van der Waals surface area contributed by atoms with Crippen molar-refractivity contribution < 1.29 is 0 Å². The molecule has 1 unspecified atom stereocenters. The van der Waals surface area contributed by atoms with Crippen molar-refractivity contribution in [1.82, 2.24) is 9.80 Å². The molecule has 12 heavy (non-hydrogen) atoms. The van der Waals surface area contributed by atoms with Gasteiger partial charge in [-0.05, 0) is 25.5 Å². The largest absolute Gasteiger partial charge is 0.365 e. The molecule has 1 aliphatic rings. The maximum atomic E-state index is 2.42. The van der Waals surface area contributed by atoms with Crippen LogP contribution < -0.4 is 0 Å². The number of hydrogen-bond donors (Lipinski definition) is 0. The molecule has 0 aromatic heterocycles. The Balaban J connectivity index is 2.69. The van der Waals surface area contributed by atoms with Crippen LogP contribution in [0.1, 0.15) is 26.7 Å². The van der Waals surface area contributed by atoms with E-state index < -0.39 is 0 Å². The van der Waals surface area contributed by atoms with E-state index in [0.29, 0.717) is 6.17 Å². The molecule has 0 aliphatic carbocycles. The standard InChI is InChI=1S/C10H20N2/c1-5-9-7-11(3)10(6-2)12(4)8-9/h7,10H,5-6,8H2,1-4H3. The highest BCUT2D eigenvalue weighted by Crippen LogP contribution is 2.17. The summed E-state index contributed by atoms with van der Waals surface area (Å²) in [7, 11) is 4.37. The second kappa shape index (κ2) is 3.94.